The van der Waals surface area contributed by atoms with Crippen LogP contribution < -0.4 is 11.3 Å². The van der Waals surface area contributed by atoms with Crippen molar-refractivity contribution in [2.45, 2.75) is 10.6 Å². The molecule has 0 aliphatic heterocycles. The minimum Gasteiger partial charge on any atom is -0.314 e. The molecule has 0 atom stereocenters. The van der Waals surface area contributed by atoms with Crippen molar-refractivity contribution in [3.05, 3.63) is 35.1 Å². The van der Waals surface area contributed by atoms with Crippen molar-refractivity contribution in [3.8, 4) is 0 Å². The second-order valence-electron chi connectivity index (χ2n) is 2.91. The van der Waals surface area contributed by atoms with Crippen LogP contribution in [0.2, 0.25) is 5.02 Å². The smallest absolute Gasteiger partial charge is 0.314 e. The number of anilines is 1. The first-order chi connectivity index (χ1) is 7.78. The summed E-state index contributed by atoms with van der Waals surface area (Å²) in [5.74, 6) is 6.30. The Labute approximate surface area is 101 Å². The number of hydrogen-bond donors (Lipinski definition) is 2. The SMILES string of the molecule is NNc1nc(CSc2cccc(Cl)c2)no1. The van der Waals surface area contributed by atoms with Crippen molar-refractivity contribution in [1.29, 1.82) is 0 Å². The Kier molecular flexibility index (Phi) is 3.66. The van der Waals surface area contributed by atoms with Crippen LogP contribution in [0.1, 0.15) is 5.82 Å². The van der Waals surface area contributed by atoms with Crippen molar-refractivity contribution >= 4 is 29.4 Å². The summed E-state index contributed by atoms with van der Waals surface area (Å²) < 4.78 is 4.79. The molecule has 0 bridgehead atoms. The molecule has 0 saturated heterocycles. The number of halogens is 1. The van der Waals surface area contributed by atoms with Crippen LogP contribution in [0.25, 0.3) is 0 Å². The molecule has 3 N–H and O–H groups in total. The van der Waals surface area contributed by atoms with Crippen LogP contribution in [0.15, 0.2) is 33.7 Å². The molecule has 0 saturated carbocycles. The number of benzene rings is 1. The summed E-state index contributed by atoms with van der Waals surface area (Å²) in [6.07, 6.45) is 0. The highest BCUT2D eigenvalue weighted by molar-refractivity contribution is 7.98. The predicted molar refractivity (Wildman–Crippen MR) is 63.1 cm³/mol. The molecular weight excluding hydrogens is 248 g/mol. The summed E-state index contributed by atoms with van der Waals surface area (Å²) in [6, 6.07) is 7.79. The number of nitrogens with one attached hydrogen (secondary N) is 1. The fourth-order valence-corrected chi connectivity index (χ4v) is 2.13. The van der Waals surface area contributed by atoms with Crippen LogP contribution in [0, 0.1) is 0 Å². The van der Waals surface area contributed by atoms with Gasteiger partial charge in [-0.1, -0.05) is 22.8 Å². The molecule has 5 nitrogen and oxygen atoms in total. The molecule has 0 unspecified atom stereocenters. The fourth-order valence-electron chi connectivity index (χ4n) is 1.08. The van der Waals surface area contributed by atoms with Crippen LogP contribution in [0.5, 0.6) is 0 Å². The number of hydrogen-bond acceptors (Lipinski definition) is 6. The van der Waals surface area contributed by atoms with E-state index in [1.807, 2.05) is 24.3 Å². The lowest BCUT2D eigenvalue weighted by Crippen LogP contribution is -2.06. The molecule has 2 rings (SSSR count). The Bertz CT molecular complexity index is 476. The van der Waals surface area contributed by atoms with Crippen LogP contribution >= 0.6 is 23.4 Å². The molecule has 0 spiro atoms. The van der Waals surface area contributed by atoms with Gasteiger partial charge in [0.25, 0.3) is 0 Å². The zero-order valence-corrected chi connectivity index (χ0v) is 9.76. The minimum absolute atomic E-state index is 0.210. The molecule has 1 heterocycles. The summed E-state index contributed by atoms with van der Waals surface area (Å²) in [6.45, 7) is 0. The number of thioether (sulfide) groups is 1. The highest BCUT2D eigenvalue weighted by Gasteiger charge is 2.05. The van der Waals surface area contributed by atoms with Gasteiger partial charge in [-0.15, -0.1) is 11.8 Å². The van der Waals surface area contributed by atoms with Gasteiger partial charge in [-0.25, -0.2) is 5.84 Å². The van der Waals surface area contributed by atoms with Gasteiger partial charge < -0.3 is 4.52 Å². The van der Waals surface area contributed by atoms with Crippen molar-refractivity contribution in [2.24, 2.45) is 5.84 Å². The topological polar surface area (TPSA) is 77.0 Å². The standard InChI is InChI=1S/C9H9ClN4OS/c10-6-2-1-3-7(4-6)16-5-8-12-9(13-11)15-14-8/h1-4H,5,11H2,(H,12,13,14). The number of hydrazine groups is 1. The number of aromatic nitrogens is 2. The Morgan fingerprint density at radius 2 is 2.38 bits per heavy atom. The van der Waals surface area contributed by atoms with E-state index in [-0.39, 0.29) is 6.01 Å². The number of nitrogen functional groups attached to an aromatic ring is 1. The second kappa shape index (κ2) is 5.20. The van der Waals surface area contributed by atoms with Crippen molar-refractivity contribution in [3.63, 3.8) is 0 Å². The average Bonchev–Trinajstić information content (AvgIpc) is 2.74. The van der Waals surface area contributed by atoms with E-state index in [4.69, 9.17) is 22.0 Å². The van der Waals surface area contributed by atoms with E-state index in [2.05, 4.69) is 15.6 Å². The Balaban J connectivity index is 1.96. The monoisotopic (exact) mass is 256 g/mol. The Hall–Kier alpha value is -1.24. The third kappa shape index (κ3) is 2.88. The first-order valence-corrected chi connectivity index (χ1v) is 5.82. The van der Waals surface area contributed by atoms with E-state index in [1.54, 1.807) is 11.8 Å². The molecular formula is C9H9ClN4OS. The van der Waals surface area contributed by atoms with Gasteiger partial charge in [0, 0.05) is 9.92 Å². The normalized spacial score (nSPS) is 10.4. The average molecular weight is 257 g/mol. The van der Waals surface area contributed by atoms with Gasteiger partial charge in [0.2, 0.25) is 0 Å². The maximum atomic E-state index is 5.86. The quantitative estimate of drug-likeness (QED) is 0.497. The molecule has 16 heavy (non-hydrogen) atoms. The van der Waals surface area contributed by atoms with Gasteiger partial charge in [0.05, 0.1) is 5.75 Å². The summed E-state index contributed by atoms with van der Waals surface area (Å²) >= 11 is 7.44. The van der Waals surface area contributed by atoms with Crippen molar-refractivity contribution in [2.75, 3.05) is 5.43 Å². The van der Waals surface area contributed by atoms with Gasteiger partial charge in [-0.2, -0.15) is 4.98 Å². The second-order valence-corrected chi connectivity index (χ2v) is 4.39. The highest BCUT2D eigenvalue weighted by Crippen LogP contribution is 2.24. The summed E-state index contributed by atoms with van der Waals surface area (Å²) in [4.78, 5) is 5.05. The van der Waals surface area contributed by atoms with E-state index in [0.29, 0.717) is 16.6 Å². The lowest BCUT2D eigenvalue weighted by Gasteiger charge is -1.98. The first kappa shape index (κ1) is 11.3. The van der Waals surface area contributed by atoms with Crippen molar-refractivity contribution in [1.82, 2.24) is 10.1 Å². The van der Waals surface area contributed by atoms with E-state index in [9.17, 15) is 0 Å². The molecule has 2 aromatic rings. The summed E-state index contributed by atoms with van der Waals surface area (Å²) in [7, 11) is 0. The van der Waals surface area contributed by atoms with Crippen molar-refractivity contribution < 1.29 is 4.52 Å². The first-order valence-electron chi connectivity index (χ1n) is 4.45. The van der Waals surface area contributed by atoms with Gasteiger partial charge in [-0.05, 0) is 18.2 Å². The summed E-state index contributed by atoms with van der Waals surface area (Å²) in [5, 5.41) is 4.45. The third-order valence-corrected chi connectivity index (χ3v) is 2.98. The Morgan fingerprint density at radius 1 is 1.50 bits per heavy atom. The number of nitrogens with zero attached hydrogens (tertiary/aromatic N) is 2. The molecule has 7 heteroatoms. The molecule has 84 valence electrons. The van der Waals surface area contributed by atoms with E-state index in [1.165, 1.54) is 0 Å². The van der Waals surface area contributed by atoms with Crippen LogP contribution in [0.4, 0.5) is 6.01 Å². The maximum absolute atomic E-state index is 5.86. The zero-order valence-electron chi connectivity index (χ0n) is 8.18. The molecule has 1 aromatic carbocycles. The largest absolute Gasteiger partial charge is 0.335 e. The number of nitrogens with two attached hydrogens (primary N) is 1. The molecule has 0 aliphatic rings. The van der Waals surface area contributed by atoms with Gasteiger partial charge in [-0.3, -0.25) is 5.43 Å². The number of rotatable bonds is 4. The highest BCUT2D eigenvalue weighted by atomic mass is 35.5. The van der Waals surface area contributed by atoms with E-state index >= 15 is 0 Å². The molecule has 0 radical (unpaired) electrons. The minimum atomic E-state index is 0.210. The van der Waals surface area contributed by atoms with E-state index < -0.39 is 0 Å². The third-order valence-electron chi connectivity index (χ3n) is 1.76. The van der Waals surface area contributed by atoms with Crippen LogP contribution in [0.3, 0.4) is 0 Å². The van der Waals surface area contributed by atoms with Gasteiger partial charge >= 0.3 is 6.01 Å². The molecule has 0 amide bonds. The van der Waals surface area contributed by atoms with Crippen LogP contribution in [-0.2, 0) is 5.75 Å². The van der Waals surface area contributed by atoms with Crippen LogP contribution in [-0.4, -0.2) is 10.1 Å². The molecule has 1 aromatic heterocycles. The zero-order chi connectivity index (χ0) is 11.4. The van der Waals surface area contributed by atoms with E-state index in [0.717, 1.165) is 4.90 Å². The van der Waals surface area contributed by atoms with Gasteiger partial charge in [0.15, 0.2) is 5.82 Å². The lowest BCUT2D eigenvalue weighted by atomic mass is 10.4. The molecule has 0 fully saturated rings. The molecule has 0 aliphatic carbocycles. The predicted octanol–water partition coefficient (Wildman–Crippen LogP) is 2.30. The fraction of sp³-hybridized carbons (Fsp3) is 0.111. The Morgan fingerprint density at radius 3 is 3.06 bits per heavy atom. The lowest BCUT2D eigenvalue weighted by molar-refractivity contribution is 0.425. The summed E-state index contributed by atoms with van der Waals surface area (Å²) in [5.41, 5.74) is 2.28. The maximum Gasteiger partial charge on any atom is 0.335 e. The van der Waals surface area contributed by atoms with Gasteiger partial charge in [0.1, 0.15) is 0 Å².